The number of carboxylic acid groups (broad SMARTS) is 2. The number of rotatable bonds is 24. The molecule has 20 heteroatoms. The van der Waals surface area contributed by atoms with Crippen LogP contribution in [0.5, 0.6) is 5.75 Å². The number of aromatic hydroxyl groups is 1. The molecular weight excluding hydrogens is 760 g/mol. The molecule has 0 bridgehead atoms. The lowest BCUT2D eigenvalue weighted by Crippen LogP contribution is -2.61. The monoisotopic (exact) mass is 820 g/mol. The molecule has 1 aliphatic rings. The number of carbonyl (C=O) groups is 8. The largest absolute Gasteiger partial charge is 0.508 e. The highest BCUT2D eigenvalue weighted by Crippen LogP contribution is 2.21. The lowest BCUT2D eigenvalue weighted by atomic mass is 10.0. The summed E-state index contributed by atoms with van der Waals surface area (Å²) in [5, 5.41) is 51.5. The molecule has 1 saturated heterocycles. The van der Waals surface area contributed by atoms with Gasteiger partial charge in [-0.3, -0.25) is 38.4 Å². The first-order chi connectivity index (χ1) is 27.2. The average Bonchev–Trinajstić information content (AvgIpc) is 3.65. The highest BCUT2D eigenvalue weighted by Gasteiger charge is 2.41. The van der Waals surface area contributed by atoms with E-state index >= 15 is 0 Å². The number of hydrogen-bond acceptors (Lipinski definition) is 12. The van der Waals surface area contributed by atoms with Gasteiger partial charge in [0, 0.05) is 19.4 Å². The van der Waals surface area contributed by atoms with Crippen LogP contribution in [0.15, 0.2) is 24.3 Å². The zero-order valence-electron chi connectivity index (χ0n) is 33.4. The van der Waals surface area contributed by atoms with Crippen LogP contribution >= 0.6 is 0 Å². The fourth-order valence-corrected chi connectivity index (χ4v) is 6.28. The molecule has 6 amide bonds. The highest BCUT2D eigenvalue weighted by molar-refractivity contribution is 5.97. The second kappa shape index (κ2) is 23.8. The Labute approximate surface area is 337 Å². The fraction of sp³-hybridized carbons (Fsp3) is 0.632. The molecule has 1 heterocycles. The maximum Gasteiger partial charge on any atom is 0.325 e. The summed E-state index contributed by atoms with van der Waals surface area (Å²) in [4.78, 5) is 105. The van der Waals surface area contributed by atoms with Gasteiger partial charge in [-0.1, -0.05) is 32.4 Å². The van der Waals surface area contributed by atoms with Crippen molar-refractivity contribution in [3.63, 3.8) is 0 Å². The van der Waals surface area contributed by atoms with E-state index in [1.165, 1.54) is 38.1 Å². The Balaban J connectivity index is 2.30. The lowest BCUT2D eigenvalue weighted by molar-refractivity contribution is -0.145. The number of amides is 6. The van der Waals surface area contributed by atoms with Crippen LogP contribution < -0.4 is 38.1 Å². The van der Waals surface area contributed by atoms with E-state index < -0.39 is 109 Å². The predicted molar refractivity (Wildman–Crippen MR) is 208 cm³/mol. The van der Waals surface area contributed by atoms with Crippen LogP contribution in [0.1, 0.15) is 84.6 Å². The third-order valence-electron chi connectivity index (χ3n) is 9.55. The van der Waals surface area contributed by atoms with Crippen molar-refractivity contribution in [3.8, 4) is 5.75 Å². The number of unbranched alkanes of at least 4 members (excludes halogenated alkanes) is 1. The van der Waals surface area contributed by atoms with Gasteiger partial charge in [0.2, 0.25) is 35.4 Å². The van der Waals surface area contributed by atoms with E-state index in [1.807, 2.05) is 0 Å². The van der Waals surface area contributed by atoms with Crippen molar-refractivity contribution in [2.45, 2.75) is 134 Å². The molecule has 58 heavy (non-hydrogen) atoms. The molecule has 1 aromatic carbocycles. The second-order valence-corrected chi connectivity index (χ2v) is 15.0. The Hall–Kier alpha value is -5.34. The number of nitrogens with zero attached hydrogens (tertiary/aromatic N) is 1. The molecule has 0 unspecified atom stereocenters. The summed E-state index contributed by atoms with van der Waals surface area (Å²) in [7, 11) is 0. The van der Waals surface area contributed by atoms with Crippen LogP contribution in [0.25, 0.3) is 0 Å². The van der Waals surface area contributed by atoms with Gasteiger partial charge in [0.1, 0.15) is 42.0 Å². The number of aliphatic hydroxyl groups excluding tert-OH is 1. The van der Waals surface area contributed by atoms with E-state index in [0.717, 1.165) is 4.90 Å². The first-order valence-corrected chi connectivity index (χ1v) is 19.4. The number of aliphatic hydroxyl groups is 1. The number of carbonyl (C=O) groups excluding carboxylic acids is 6. The fourth-order valence-electron chi connectivity index (χ4n) is 6.28. The van der Waals surface area contributed by atoms with Gasteiger partial charge in [-0.05, 0) is 82.5 Å². The van der Waals surface area contributed by atoms with Gasteiger partial charge in [0.05, 0.1) is 12.1 Å². The molecule has 1 fully saturated rings. The maximum absolute atomic E-state index is 14.0. The lowest BCUT2D eigenvalue weighted by Gasteiger charge is -2.32. The molecule has 0 aliphatic carbocycles. The molecule has 324 valence electrons. The number of nitrogens with two attached hydrogens (primary N) is 2. The summed E-state index contributed by atoms with van der Waals surface area (Å²) in [6, 6.07) is -3.20. The minimum Gasteiger partial charge on any atom is -0.508 e. The van der Waals surface area contributed by atoms with Crippen molar-refractivity contribution in [1.82, 2.24) is 31.5 Å². The van der Waals surface area contributed by atoms with Crippen molar-refractivity contribution in [2.75, 3.05) is 13.1 Å². The summed E-state index contributed by atoms with van der Waals surface area (Å²) in [6.07, 6.45) is -0.523. The number of benzene rings is 1. The number of nitrogens with one attached hydrogen (secondary N) is 5. The second-order valence-electron chi connectivity index (χ2n) is 15.0. The number of aliphatic carboxylic acids is 2. The zero-order valence-corrected chi connectivity index (χ0v) is 33.4. The summed E-state index contributed by atoms with van der Waals surface area (Å²) in [5.74, 6) is -7.64. The van der Waals surface area contributed by atoms with Gasteiger partial charge in [0.25, 0.3) is 0 Å². The summed E-state index contributed by atoms with van der Waals surface area (Å²) >= 11 is 0. The maximum atomic E-state index is 14.0. The molecule has 8 atom stereocenters. The van der Waals surface area contributed by atoms with Crippen molar-refractivity contribution in [2.24, 2.45) is 17.4 Å². The molecular formula is C38H60N8O12. The molecule has 2 rings (SSSR count). The standard InChI is InChI=1S/C38H60N8O12/c1-20(2)18-27(34(53)41-21(3)38(57)58)44-33(52)26(14-15-30(49)50)42-36(55)29-9-7-17-46(29)37(56)31(22(4)47)45-35(54)28(19-23-10-12-24(48)13-11-23)43-32(51)25(40)8-5-6-16-39/h10-13,20-22,25-29,31,47-48H,5-9,14-19,39-40H2,1-4H3,(H,41,53)(H,42,55)(H,43,51)(H,44,52)(H,45,54)(H,49,50)(H,57,58)/t21-,22+,25-,26-,27-,28-,29-,31-/m0/s1. The van der Waals surface area contributed by atoms with Gasteiger partial charge >= 0.3 is 11.9 Å². The first-order valence-electron chi connectivity index (χ1n) is 19.4. The molecule has 0 radical (unpaired) electrons. The molecule has 20 nitrogen and oxygen atoms in total. The van der Waals surface area contributed by atoms with Gasteiger partial charge in [0.15, 0.2) is 0 Å². The molecule has 0 aromatic heterocycles. The van der Waals surface area contributed by atoms with Gasteiger partial charge in [-0.25, -0.2) is 0 Å². The number of phenols is 1. The summed E-state index contributed by atoms with van der Waals surface area (Å²) in [5.41, 5.74) is 12.1. The number of phenolic OH excluding ortho intramolecular Hbond substituents is 1. The van der Waals surface area contributed by atoms with Crippen LogP contribution in [0, 0.1) is 5.92 Å². The smallest absolute Gasteiger partial charge is 0.325 e. The normalized spacial score (nSPS) is 17.4. The topological polar surface area (TPSA) is 333 Å². The van der Waals surface area contributed by atoms with Crippen molar-refractivity contribution >= 4 is 47.4 Å². The first kappa shape index (κ1) is 48.8. The van der Waals surface area contributed by atoms with Crippen molar-refractivity contribution < 1.29 is 58.8 Å². The van der Waals surface area contributed by atoms with Crippen molar-refractivity contribution in [1.29, 1.82) is 0 Å². The van der Waals surface area contributed by atoms with Crippen molar-refractivity contribution in [3.05, 3.63) is 29.8 Å². The Morgan fingerprint density at radius 2 is 1.40 bits per heavy atom. The summed E-state index contributed by atoms with van der Waals surface area (Å²) < 4.78 is 0. The molecule has 0 spiro atoms. The quantitative estimate of drug-likeness (QED) is 0.0513. The molecule has 0 saturated carbocycles. The number of carboxylic acids is 2. The van der Waals surface area contributed by atoms with E-state index in [-0.39, 0.29) is 37.5 Å². The Bertz CT molecular complexity index is 1590. The molecule has 13 N–H and O–H groups in total. The minimum atomic E-state index is -1.60. The van der Waals surface area contributed by atoms with Gasteiger partial charge in [-0.15, -0.1) is 0 Å². The van der Waals surface area contributed by atoms with Crippen LogP contribution in [0.4, 0.5) is 0 Å². The molecule has 1 aromatic rings. The SMILES string of the molecule is CC(C)C[C@H](NC(=O)[C@H](CCC(=O)O)NC(=O)[C@@H]1CCCN1C(=O)[C@@H](NC(=O)[C@H](Cc1ccc(O)cc1)NC(=O)[C@@H](N)CCCCN)[C@@H](C)O)C(=O)N[C@@H](C)C(=O)O. The van der Waals surface area contributed by atoms with E-state index in [9.17, 15) is 58.8 Å². The Morgan fingerprint density at radius 3 is 1.97 bits per heavy atom. The molecule has 1 aliphatic heterocycles. The van der Waals surface area contributed by atoms with E-state index in [1.54, 1.807) is 13.8 Å². The predicted octanol–water partition coefficient (Wildman–Crippen LogP) is -1.80. The third kappa shape index (κ3) is 15.9. The third-order valence-corrected chi connectivity index (χ3v) is 9.55. The average molecular weight is 821 g/mol. The van der Waals surface area contributed by atoms with E-state index in [0.29, 0.717) is 37.8 Å². The highest BCUT2D eigenvalue weighted by atomic mass is 16.4. The van der Waals surface area contributed by atoms with Crippen LogP contribution in [-0.2, 0) is 44.8 Å². The van der Waals surface area contributed by atoms with Gasteiger partial charge in [-0.2, -0.15) is 0 Å². The number of likely N-dealkylation sites (tertiary alicyclic amines) is 1. The van der Waals surface area contributed by atoms with Crippen LogP contribution in [0.2, 0.25) is 0 Å². The number of hydrogen-bond donors (Lipinski definition) is 11. The minimum absolute atomic E-state index is 0.0196. The Kier molecular flexibility index (Phi) is 20.0. The Morgan fingerprint density at radius 1 is 0.793 bits per heavy atom. The van der Waals surface area contributed by atoms with E-state index in [4.69, 9.17) is 11.5 Å². The van der Waals surface area contributed by atoms with Crippen LogP contribution in [0.3, 0.4) is 0 Å². The summed E-state index contributed by atoms with van der Waals surface area (Å²) in [6.45, 7) is 6.44. The zero-order chi connectivity index (χ0) is 43.7. The van der Waals surface area contributed by atoms with Crippen LogP contribution in [-0.4, -0.2) is 134 Å². The van der Waals surface area contributed by atoms with E-state index in [2.05, 4.69) is 26.6 Å². The van der Waals surface area contributed by atoms with Gasteiger partial charge < -0.3 is 63.4 Å².